The van der Waals surface area contributed by atoms with Crippen LogP contribution in [0.4, 0.5) is 0 Å². The standard InChI is InChI=1S/C16H17ClN2O/c1-4-7-12-8-5-6-9-13(12)20-16-14(11(2)3)15(17)18-10-19-16/h4-11H,1-3H3. The highest BCUT2D eigenvalue weighted by Crippen LogP contribution is 2.33. The van der Waals surface area contributed by atoms with E-state index in [9.17, 15) is 0 Å². The number of nitrogens with zero attached hydrogens (tertiary/aromatic N) is 2. The Morgan fingerprint density at radius 3 is 2.65 bits per heavy atom. The van der Waals surface area contributed by atoms with Crippen molar-refractivity contribution in [3.63, 3.8) is 0 Å². The second-order valence-electron chi connectivity index (χ2n) is 4.68. The first kappa shape index (κ1) is 14.5. The summed E-state index contributed by atoms with van der Waals surface area (Å²) in [7, 11) is 0. The lowest BCUT2D eigenvalue weighted by Gasteiger charge is -2.14. The topological polar surface area (TPSA) is 35.0 Å². The third kappa shape index (κ3) is 3.17. The van der Waals surface area contributed by atoms with Gasteiger partial charge < -0.3 is 4.74 Å². The zero-order valence-corrected chi connectivity index (χ0v) is 12.6. The van der Waals surface area contributed by atoms with Crippen LogP contribution in [0.15, 0.2) is 36.7 Å². The Bertz CT molecular complexity index is 624. The summed E-state index contributed by atoms with van der Waals surface area (Å²) in [4.78, 5) is 8.24. The fourth-order valence-corrected chi connectivity index (χ4v) is 2.26. The summed E-state index contributed by atoms with van der Waals surface area (Å²) in [6.45, 7) is 6.04. The Morgan fingerprint density at radius 2 is 1.95 bits per heavy atom. The number of hydrogen-bond acceptors (Lipinski definition) is 3. The quantitative estimate of drug-likeness (QED) is 0.736. The number of benzene rings is 1. The molecule has 4 heteroatoms. The largest absolute Gasteiger partial charge is 0.438 e. The van der Waals surface area contributed by atoms with Gasteiger partial charge in [-0.1, -0.05) is 55.8 Å². The van der Waals surface area contributed by atoms with Crippen LogP contribution in [-0.4, -0.2) is 9.97 Å². The van der Waals surface area contributed by atoms with Crippen molar-refractivity contribution in [2.75, 3.05) is 0 Å². The molecule has 1 aromatic heterocycles. The number of hydrogen-bond donors (Lipinski definition) is 0. The van der Waals surface area contributed by atoms with E-state index >= 15 is 0 Å². The predicted molar refractivity (Wildman–Crippen MR) is 82.4 cm³/mol. The molecule has 0 fully saturated rings. The van der Waals surface area contributed by atoms with Crippen molar-refractivity contribution in [2.45, 2.75) is 26.7 Å². The number of aromatic nitrogens is 2. The molecule has 0 atom stereocenters. The first-order chi connectivity index (χ1) is 9.63. The average Bonchev–Trinajstić information content (AvgIpc) is 2.41. The van der Waals surface area contributed by atoms with E-state index in [4.69, 9.17) is 16.3 Å². The Labute approximate surface area is 124 Å². The molecule has 0 aliphatic heterocycles. The lowest BCUT2D eigenvalue weighted by Crippen LogP contribution is -2.00. The van der Waals surface area contributed by atoms with Gasteiger partial charge in [0, 0.05) is 5.56 Å². The summed E-state index contributed by atoms with van der Waals surface area (Å²) in [6, 6.07) is 7.81. The lowest BCUT2D eigenvalue weighted by molar-refractivity contribution is 0.450. The molecule has 0 unspecified atom stereocenters. The highest BCUT2D eigenvalue weighted by molar-refractivity contribution is 6.30. The first-order valence-electron chi connectivity index (χ1n) is 6.53. The molecule has 0 aliphatic rings. The molecule has 0 radical (unpaired) electrons. The van der Waals surface area contributed by atoms with Gasteiger partial charge in [0.1, 0.15) is 17.2 Å². The molecule has 1 heterocycles. The smallest absolute Gasteiger partial charge is 0.227 e. The minimum Gasteiger partial charge on any atom is -0.438 e. The number of rotatable bonds is 4. The van der Waals surface area contributed by atoms with E-state index < -0.39 is 0 Å². The van der Waals surface area contributed by atoms with Gasteiger partial charge in [0.15, 0.2) is 0 Å². The maximum atomic E-state index is 6.15. The lowest BCUT2D eigenvalue weighted by atomic mass is 10.1. The number of halogens is 1. The maximum Gasteiger partial charge on any atom is 0.227 e. The molecule has 20 heavy (non-hydrogen) atoms. The summed E-state index contributed by atoms with van der Waals surface area (Å²) in [5.74, 6) is 1.45. The summed E-state index contributed by atoms with van der Waals surface area (Å²) >= 11 is 6.15. The molecule has 2 aromatic rings. The second-order valence-corrected chi connectivity index (χ2v) is 5.04. The molecule has 0 spiro atoms. The van der Waals surface area contributed by atoms with Gasteiger partial charge in [-0.05, 0) is 18.9 Å². The number of allylic oxidation sites excluding steroid dienone is 1. The van der Waals surface area contributed by atoms with Gasteiger partial charge >= 0.3 is 0 Å². The predicted octanol–water partition coefficient (Wildman–Crippen LogP) is 5.08. The van der Waals surface area contributed by atoms with E-state index in [1.54, 1.807) is 0 Å². The van der Waals surface area contributed by atoms with Crippen molar-refractivity contribution >= 4 is 17.7 Å². The van der Waals surface area contributed by atoms with Gasteiger partial charge in [-0.25, -0.2) is 9.97 Å². The highest BCUT2D eigenvalue weighted by Gasteiger charge is 2.16. The number of ether oxygens (including phenoxy) is 1. The Balaban J connectivity index is 2.43. The maximum absolute atomic E-state index is 6.15. The zero-order valence-electron chi connectivity index (χ0n) is 11.8. The van der Waals surface area contributed by atoms with Crippen molar-refractivity contribution in [1.82, 2.24) is 9.97 Å². The molecule has 2 rings (SSSR count). The summed E-state index contributed by atoms with van der Waals surface area (Å²) < 4.78 is 5.95. The fourth-order valence-electron chi connectivity index (χ4n) is 1.92. The summed E-state index contributed by atoms with van der Waals surface area (Å²) in [6.07, 6.45) is 5.38. The zero-order chi connectivity index (χ0) is 14.5. The van der Waals surface area contributed by atoms with Gasteiger partial charge in [-0.2, -0.15) is 0 Å². The molecule has 1 aromatic carbocycles. The average molecular weight is 289 g/mol. The van der Waals surface area contributed by atoms with E-state index in [2.05, 4.69) is 9.97 Å². The number of para-hydroxylation sites is 1. The molecule has 0 saturated carbocycles. The van der Waals surface area contributed by atoms with Crippen LogP contribution in [0.5, 0.6) is 11.6 Å². The molecular weight excluding hydrogens is 272 g/mol. The molecule has 0 bridgehead atoms. The second kappa shape index (κ2) is 6.53. The molecule has 0 saturated heterocycles. The van der Waals surface area contributed by atoms with Crippen molar-refractivity contribution in [2.24, 2.45) is 0 Å². The van der Waals surface area contributed by atoms with Gasteiger partial charge in [0.05, 0.1) is 5.56 Å². The van der Waals surface area contributed by atoms with Crippen LogP contribution in [-0.2, 0) is 0 Å². The third-order valence-electron chi connectivity index (χ3n) is 2.85. The normalized spacial score (nSPS) is 11.2. The fraction of sp³-hybridized carbons (Fsp3) is 0.250. The molecule has 0 N–H and O–H groups in total. The highest BCUT2D eigenvalue weighted by atomic mass is 35.5. The van der Waals surface area contributed by atoms with Crippen LogP contribution in [0, 0.1) is 0 Å². The Hall–Kier alpha value is -1.87. The van der Waals surface area contributed by atoms with Crippen LogP contribution in [0.25, 0.3) is 6.08 Å². The minimum atomic E-state index is 0.188. The van der Waals surface area contributed by atoms with E-state index in [1.165, 1.54) is 6.33 Å². The Morgan fingerprint density at radius 1 is 1.20 bits per heavy atom. The van der Waals surface area contributed by atoms with E-state index in [0.717, 1.165) is 16.9 Å². The van der Waals surface area contributed by atoms with Crippen LogP contribution in [0.2, 0.25) is 5.15 Å². The molecule has 0 amide bonds. The molecule has 104 valence electrons. The van der Waals surface area contributed by atoms with Gasteiger partial charge in [0.25, 0.3) is 0 Å². The van der Waals surface area contributed by atoms with Crippen molar-refractivity contribution < 1.29 is 4.74 Å². The molecule has 0 aliphatic carbocycles. The van der Waals surface area contributed by atoms with E-state index in [1.807, 2.05) is 57.2 Å². The van der Waals surface area contributed by atoms with Crippen molar-refractivity contribution in [3.05, 3.63) is 52.9 Å². The van der Waals surface area contributed by atoms with Gasteiger partial charge in [0.2, 0.25) is 5.88 Å². The van der Waals surface area contributed by atoms with Gasteiger partial charge in [-0.15, -0.1) is 0 Å². The van der Waals surface area contributed by atoms with Gasteiger partial charge in [-0.3, -0.25) is 0 Å². The van der Waals surface area contributed by atoms with Crippen LogP contribution in [0.1, 0.15) is 37.8 Å². The monoisotopic (exact) mass is 288 g/mol. The van der Waals surface area contributed by atoms with Crippen molar-refractivity contribution in [3.8, 4) is 11.6 Å². The first-order valence-corrected chi connectivity index (χ1v) is 6.91. The van der Waals surface area contributed by atoms with Crippen LogP contribution in [0.3, 0.4) is 0 Å². The summed E-state index contributed by atoms with van der Waals surface area (Å²) in [5.41, 5.74) is 1.82. The van der Waals surface area contributed by atoms with Crippen molar-refractivity contribution in [1.29, 1.82) is 0 Å². The third-order valence-corrected chi connectivity index (χ3v) is 3.15. The van der Waals surface area contributed by atoms with E-state index in [-0.39, 0.29) is 5.92 Å². The van der Waals surface area contributed by atoms with Crippen LogP contribution < -0.4 is 4.74 Å². The molecular formula is C16H17ClN2O. The van der Waals surface area contributed by atoms with E-state index in [0.29, 0.717) is 11.0 Å². The van der Waals surface area contributed by atoms with Crippen LogP contribution >= 0.6 is 11.6 Å². The summed E-state index contributed by atoms with van der Waals surface area (Å²) in [5, 5.41) is 0.438. The minimum absolute atomic E-state index is 0.188. The SMILES string of the molecule is CC=Cc1ccccc1Oc1ncnc(Cl)c1C(C)C. The Kier molecular flexibility index (Phi) is 4.74. The molecule has 3 nitrogen and oxygen atoms in total.